The summed E-state index contributed by atoms with van der Waals surface area (Å²) in [5.41, 5.74) is 6.27. The molecule has 0 saturated carbocycles. The summed E-state index contributed by atoms with van der Waals surface area (Å²) in [6, 6.07) is 13.3. The molecular formula is C12H11N3S. The van der Waals surface area contributed by atoms with E-state index in [2.05, 4.69) is 4.98 Å². The minimum Gasteiger partial charge on any atom is -0.384 e. The highest BCUT2D eigenvalue weighted by Gasteiger charge is 2.06. The van der Waals surface area contributed by atoms with Gasteiger partial charge in [-0.1, -0.05) is 36.0 Å². The molecule has 0 spiro atoms. The molecule has 3 N–H and O–H groups in total. The van der Waals surface area contributed by atoms with Crippen molar-refractivity contribution >= 4 is 17.6 Å². The Kier molecular flexibility index (Phi) is 3.22. The highest BCUT2D eigenvalue weighted by Crippen LogP contribution is 2.28. The standard InChI is InChI=1S/C12H11N3S/c13-12(14)9-5-1-2-6-10(9)16-11-7-3-4-8-15-11/h1-8H,(H3,13,14). The van der Waals surface area contributed by atoms with Crippen molar-refractivity contribution in [2.75, 3.05) is 0 Å². The van der Waals surface area contributed by atoms with Crippen molar-refractivity contribution in [2.24, 2.45) is 5.73 Å². The van der Waals surface area contributed by atoms with Gasteiger partial charge in [-0.2, -0.15) is 0 Å². The molecule has 0 fully saturated rings. The summed E-state index contributed by atoms with van der Waals surface area (Å²) in [4.78, 5) is 5.18. The van der Waals surface area contributed by atoms with E-state index in [1.165, 1.54) is 11.8 Å². The predicted octanol–water partition coefficient (Wildman–Crippen LogP) is 2.52. The molecule has 1 aromatic heterocycles. The van der Waals surface area contributed by atoms with Crippen LogP contribution in [0.5, 0.6) is 0 Å². The van der Waals surface area contributed by atoms with Crippen LogP contribution in [0.15, 0.2) is 58.6 Å². The minimum atomic E-state index is 0.0824. The van der Waals surface area contributed by atoms with Gasteiger partial charge in [-0.3, -0.25) is 5.41 Å². The number of hydrogen-bond donors (Lipinski definition) is 2. The van der Waals surface area contributed by atoms with E-state index in [0.29, 0.717) is 0 Å². The molecule has 4 heteroatoms. The van der Waals surface area contributed by atoms with Gasteiger partial charge in [0, 0.05) is 16.7 Å². The first-order valence-corrected chi connectivity index (χ1v) is 5.61. The SMILES string of the molecule is N=C(N)c1ccccc1Sc1ccccn1. The minimum absolute atomic E-state index is 0.0824. The number of benzene rings is 1. The Morgan fingerprint density at radius 2 is 1.88 bits per heavy atom. The summed E-state index contributed by atoms with van der Waals surface area (Å²) in [7, 11) is 0. The van der Waals surface area contributed by atoms with Crippen LogP contribution in [0, 0.1) is 5.41 Å². The molecule has 80 valence electrons. The molecule has 0 atom stereocenters. The van der Waals surface area contributed by atoms with Crippen LogP contribution >= 0.6 is 11.8 Å². The fraction of sp³-hybridized carbons (Fsp3) is 0. The van der Waals surface area contributed by atoms with Crippen molar-refractivity contribution in [2.45, 2.75) is 9.92 Å². The fourth-order valence-corrected chi connectivity index (χ4v) is 2.22. The molecule has 1 heterocycles. The Morgan fingerprint density at radius 1 is 1.12 bits per heavy atom. The molecular weight excluding hydrogens is 218 g/mol. The van der Waals surface area contributed by atoms with Gasteiger partial charge < -0.3 is 5.73 Å². The molecule has 0 radical (unpaired) electrons. The summed E-state index contributed by atoms with van der Waals surface area (Å²) in [6.07, 6.45) is 1.75. The second kappa shape index (κ2) is 4.81. The maximum absolute atomic E-state index is 7.49. The fourth-order valence-electron chi connectivity index (χ4n) is 1.30. The largest absolute Gasteiger partial charge is 0.384 e. The number of nitrogens with one attached hydrogen (secondary N) is 1. The smallest absolute Gasteiger partial charge is 0.123 e. The van der Waals surface area contributed by atoms with E-state index in [0.717, 1.165) is 15.5 Å². The molecule has 0 bridgehead atoms. The van der Waals surface area contributed by atoms with Crippen LogP contribution in [0.4, 0.5) is 0 Å². The molecule has 0 saturated heterocycles. The second-order valence-corrected chi connectivity index (χ2v) is 4.24. The Bertz CT molecular complexity index is 497. The van der Waals surface area contributed by atoms with Crippen molar-refractivity contribution in [1.82, 2.24) is 4.98 Å². The maximum atomic E-state index is 7.49. The Labute approximate surface area is 98.2 Å². The summed E-state index contributed by atoms with van der Waals surface area (Å²) in [5.74, 6) is 0.0824. The van der Waals surface area contributed by atoms with Crippen molar-refractivity contribution in [1.29, 1.82) is 5.41 Å². The normalized spacial score (nSPS) is 10.0. The molecule has 1 aromatic carbocycles. The highest BCUT2D eigenvalue weighted by atomic mass is 32.2. The molecule has 3 nitrogen and oxygen atoms in total. The zero-order valence-corrected chi connectivity index (χ0v) is 9.37. The number of aromatic nitrogens is 1. The average molecular weight is 229 g/mol. The van der Waals surface area contributed by atoms with E-state index in [-0.39, 0.29) is 5.84 Å². The number of pyridine rings is 1. The van der Waals surface area contributed by atoms with Crippen molar-refractivity contribution in [3.8, 4) is 0 Å². The summed E-state index contributed by atoms with van der Waals surface area (Å²) < 4.78 is 0. The zero-order valence-electron chi connectivity index (χ0n) is 8.55. The van der Waals surface area contributed by atoms with Gasteiger partial charge in [-0.05, 0) is 18.2 Å². The first-order valence-electron chi connectivity index (χ1n) is 4.79. The van der Waals surface area contributed by atoms with E-state index in [1.54, 1.807) is 6.20 Å². The Hall–Kier alpha value is -1.81. The lowest BCUT2D eigenvalue weighted by Crippen LogP contribution is -2.11. The third-order valence-electron chi connectivity index (χ3n) is 2.03. The molecule has 0 aliphatic heterocycles. The number of rotatable bonds is 3. The third kappa shape index (κ3) is 2.41. The summed E-state index contributed by atoms with van der Waals surface area (Å²) >= 11 is 1.51. The summed E-state index contributed by atoms with van der Waals surface area (Å²) in [5, 5.41) is 8.39. The van der Waals surface area contributed by atoms with E-state index in [9.17, 15) is 0 Å². The van der Waals surface area contributed by atoms with E-state index >= 15 is 0 Å². The number of nitrogen functional groups attached to an aromatic ring is 1. The first kappa shape index (κ1) is 10.7. The maximum Gasteiger partial charge on any atom is 0.123 e. The van der Waals surface area contributed by atoms with Gasteiger partial charge in [0.1, 0.15) is 10.9 Å². The number of nitrogens with zero attached hydrogens (tertiary/aromatic N) is 1. The van der Waals surface area contributed by atoms with Crippen molar-refractivity contribution in [3.05, 3.63) is 54.2 Å². The van der Waals surface area contributed by atoms with E-state index in [4.69, 9.17) is 11.1 Å². The monoisotopic (exact) mass is 229 g/mol. The topological polar surface area (TPSA) is 62.8 Å². The van der Waals surface area contributed by atoms with Crippen LogP contribution < -0.4 is 5.73 Å². The van der Waals surface area contributed by atoms with E-state index in [1.807, 2.05) is 42.5 Å². The molecule has 2 rings (SSSR count). The van der Waals surface area contributed by atoms with Crippen LogP contribution in [0.1, 0.15) is 5.56 Å². The van der Waals surface area contributed by atoms with E-state index < -0.39 is 0 Å². The molecule has 0 aliphatic rings. The Balaban J connectivity index is 2.31. The number of nitrogens with two attached hydrogens (primary N) is 1. The average Bonchev–Trinajstić information content (AvgIpc) is 2.31. The number of amidine groups is 1. The van der Waals surface area contributed by atoms with Gasteiger partial charge in [0.25, 0.3) is 0 Å². The van der Waals surface area contributed by atoms with Crippen molar-refractivity contribution in [3.63, 3.8) is 0 Å². The Morgan fingerprint density at radius 3 is 2.56 bits per heavy atom. The molecule has 0 unspecified atom stereocenters. The highest BCUT2D eigenvalue weighted by molar-refractivity contribution is 7.99. The quantitative estimate of drug-likeness (QED) is 0.628. The van der Waals surface area contributed by atoms with Gasteiger partial charge in [0.2, 0.25) is 0 Å². The van der Waals surface area contributed by atoms with Crippen LogP contribution in [-0.4, -0.2) is 10.8 Å². The van der Waals surface area contributed by atoms with Gasteiger partial charge >= 0.3 is 0 Å². The van der Waals surface area contributed by atoms with Crippen LogP contribution in [0.2, 0.25) is 0 Å². The second-order valence-electron chi connectivity index (χ2n) is 3.18. The van der Waals surface area contributed by atoms with Crippen LogP contribution in [0.25, 0.3) is 0 Å². The van der Waals surface area contributed by atoms with Gasteiger partial charge in [-0.25, -0.2) is 4.98 Å². The predicted molar refractivity (Wildman–Crippen MR) is 65.8 cm³/mol. The van der Waals surface area contributed by atoms with Gasteiger partial charge in [-0.15, -0.1) is 0 Å². The zero-order chi connectivity index (χ0) is 11.4. The molecule has 0 amide bonds. The van der Waals surface area contributed by atoms with Crippen molar-refractivity contribution < 1.29 is 0 Å². The third-order valence-corrected chi connectivity index (χ3v) is 3.06. The lowest BCUT2D eigenvalue weighted by atomic mass is 10.2. The van der Waals surface area contributed by atoms with Gasteiger partial charge in [0.05, 0.1) is 0 Å². The lowest BCUT2D eigenvalue weighted by molar-refractivity contribution is 1.13. The van der Waals surface area contributed by atoms with Gasteiger partial charge in [0.15, 0.2) is 0 Å². The van der Waals surface area contributed by atoms with Crippen LogP contribution in [0.3, 0.4) is 0 Å². The van der Waals surface area contributed by atoms with Crippen LogP contribution in [-0.2, 0) is 0 Å². The lowest BCUT2D eigenvalue weighted by Gasteiger charge is -2.06. The first-order chi connectivity index (χ1) is 7.77. The molecule has 0 aliphatic carbocycles. The summed E-state index contributed by atoms with van der Waals surface area (Å²) in [6.45, 7) is 0. The number of hydrogen-bond acceptors (Lipinski definition) is 3. The molecule has 2 aromatic rings. The molecule has 16 heavy (non-hydrogen) atoms.